The van der Waals surface area contributed by atoms with Gasteiger partial charge in [-0.05, 0) is 41.7 Å². The minimum Gasteiger partial charge on any atom is -0.497 e. The minimum atomic E-state index is -0.786. The van der Waals surface area contributed by atoms with Crippen molar-refractivity contribution in [3.63, 3.8) is 0 Å². The summed E-state index contributed by atoms with van der Waals surface area (Å²) in [5.74, 6) is 2.19. The molecule has 29 heavy (non-hydrogen) atoms. The van der Waals surface area contributed by atoms with E-state index < -0.39 is 6.10 Å². The molecule has 0 saturated carbocycles. The van der Waals surface area contributed by atoms with Crippen molar-refractivity contribution in [3.05, 3.63) is 54.0 Å². The molecule has 2 aromatic rings. The Morgan fingerprint density at radius 2 is 1.93 bits per heavy atom. The molecule has 1 heterocycles. The van der Waals surface area contributed by atoms with Crippen LogP contribution in [0.1, 0.15) is 52.0 Å². The Labute approximate surface area is 174 Å². The zero-order valence-corrected chi connectivity index (χ0v) is 18.1. The lowest BCUT2D eigenvalue weighted by molar-refractivity contribution is 0.0441. The molecule has 0 amide bonds. The molecule has 0 aliphatic carbocycles. The Morgan fingerprint density at radius 3 is 2.55 bits per heavy atom. The predicted octanol–water partition coefficient (Wildman–Crippen LogP) is 5.49. The van der Waals surface area contributed by atoms with Gasteiger partial charge in [0.2, 0.25) is 0 Å². The van der Waals surface area contributed by atoms with Crippen LogP contribution in [0.5, 0.6) is 17.2 Å². The average Bonchev–Trinajstić information content (AvgIpc) is 2.73. The third-order valence-electron chi connectivity index (χ3n) is 5.03. The summed E-state index contributed by atoms with van der Waals surface area (Å²) in [7, 11) is 3.18. The number of aliphatic hydroxyl groups excluding tert-OH is 1. The van der Waals surface area contributed by atoms with Gasteiger partial charge >= 0.3 is 0 Å². The highest BCUT2D eigenvalue weighted by Crippen LogP contribution is 2.37. The first kappa shape index (κ1) is 22.8. The quantitative estimate of drug-likeness (QED) is 0.400. The molecule has 0 aliphatic heterocycles. The Hall–Kier alpha value is -2.53. The Kier molecular flexibility index (Phi) is 8.52. The van der Waals surface area contributed by atoms with E-state index in [1.54, 1.807) is 44.8 Å². The topological polar surface area (TPSA) is 60.8 Å². The Morgan fingerprint density at radius 1 is 1.14 bits per heavy atom. The largest absolute Gasteiger partial charge is 0.497 e. The highest BCUT2D eigenvalue weighted by Gasteiger charge is 2.32. The summed E-state index contributed by atoms with van der Waals surface area (Å²) in [5, 5.41) is 11.2. The van der Waals surface area contributed by atoms with E-state index in [-0.39, 0.29) is 5.41 Å². The van der Waals surface area contributed by atoms with E-state index in [2.05, 4.69) is 25.8 Å². The molecular weight excluding hydrogens is 366 g/mol. The monoisotopic (exact) mass is 399 g/mol. The summed E-state index contributed by atoms with van der Waals surface area (Å²) in [6.45, 7) is 6.31. The zero-order chi connectivity index (χ0) is 21.3. The number of pyridine rings is 1. The lowest BCUT2D eigenvalue weighted by atomic mass is 9.80. The maximum atomic E-state index is 11.2. The molecule has 5 nitrogen and oxygen atoms in total. The number of benzene rings is 1. The number of nitrogens with zero attached hydrogens (tertiary/aromatic N) is 1. The molecule has 0 fully saturated rings. The van der Waals surface area contributed by atoms with E-state index in [1.807, 2.05) is 18.2 Å². The van der Waals surface area contributed by atoms with Gasteiger partial charge in [0.25, 0.3) is 0 Å². The zero-order valence-electron chi connectivity index (χ0n) is 18.1. The summed E-state index contributed by atoms with van der Waals surface area (Å²) in [5.41, 5.74) is 0.515. The van der Waals surface area contributed by atoms with Gasteiger partial charge in [-0.25, -0.2) is 0 Å². The van der Waals surface area contributed by atoms with Gasteiger partial charge in [0.1, 0.15) is 17.6 Å². The lowest BCUT2D eigenvalue weighted by Crippen LogP contribution is -2.33. The lowest BCUT2D eigenvalue weighted by Gasteiger charge is -2.32. The predicted molar refractivity (Wildman–Crippen MR) is 116 cm³/mol. The number of methoxy groups -OCH3 is 2. The number of hydrogen-bond donors (Lipinski definition) is 1. The number of rotatable bonds is 11. The van der Waals surface area contributed by atoms with E-state index in [0.29, 0.717) is 23.0 Å². The smallest absolute Gasteiger partial charge is 0.169 e. The number of aliphatic hydroxyl groups is 1. The highest BCUT2D eigenvalue weighted by atomic mass is 16.5. The van der Waals surface area contributed by atoms with E-state index in [9.17, 15) is 5.11 Å². The van der Waals surface area contributed by atoms with Crippen LogP contribution in [-0.2, 0) is 0 Å². The SMILES string of the molecule is CCCCCC(C)(C)C(O)/C(=C\c1cccnc1)Oc1ccc(OC)cc1OC. The van der Waals surface area contributed by atoms with Crippen LogP contribution in [0, 0.1) is 5.41 Å². The van der Waals surface area contributed by atoms with Crippen molar-refractivity contribution in [2.45, 2.75) is 52.6 Å². The van der Waals surface area contributed by atoms with Crippen LogP contribution in [0.2, 0.25) is 0 Å². The molecule has 0 radical (unpaired) electrons. The molecule has 2 rings (SSSR count). The van der Waals surface area contributed by atoms with Crippen LogP contribution in [0.3, 0.4) is 0 Å². The molecule has 158 valence electrons. The molecule has 1 atom stereocenters. The first-order chi connectivity index (χ1) is 13.9. The molecule has 0 spiro atoms. The number of hydrogen-bond acceptors (Lipinski definition) is 5. The van der Waals surface area contributed by atoms with E-state index >= 15 is 0 Å². The summed E-state index contributed by atoms with van der Waals surface area (Å²) in [4.78, 5) is 4.16. The van der Waals surface area contributed by atoms with Gasteiger partial charge in [-0.3, -0.25) is 4.98 Å². The van der Waals surface area contributed by atoms with Crippen molar-refractivity contribution < 1.29 is 19.3 Å². The van der Waals surface area contributed by atoms with Crippen molar-refractivity contribution in [3.8, 4) is 17.2 Å². The minimum absolute atomic E-state index is 0.344. The standard InChI is InChI=1S/C24H33NO4/c1-6-7-8-13-24(2,3)23(26)22(15-18-10-9-14-25-17-18)29-20-12-11-19(27-4)16-21(20)28-5/h9-12,14-17,23,26H,6-8,13H2,1-5H3/b22-15+. The second kappa shape index (κ2) is 10.9. The summed E-state index contributed by atoms with van der Waals surface area (Å²) < 4.78 is 16.9. The van der Waals surface area contributed by atoms with Crippen LogP contribution < -0.4 is 14.2 Å². The van der Waals surface area contributed by atoms with Crippen molar-refractivity contribution in [1.82, 2.24) is 4.98 Å². The second-order valence-corrected chi connectivity index (χ2v) is 7.80. The third-order valence-corrected chi connectivity index (χ3v) is 5.03. The van der Waals surface area contributed by atoms with E-state index in [1.165, 1.54) is 0 Å². The van der Waals surface area contributed by atoms with Crippen LogP contribution in [-0.4, -0.2) is 30.4 Å². The second-order valence-electron chi connectivity index (χ2n) is 7.80. The fourth-order valence-corrected chi connectivity index (χ4v) is 3.13. The van der Waals surface area contributed by atoms with Crippen molar-refractivity contribution >= 4 is 6.08 Å². The Balaban J connectivity index is 2.37. The number of aromatic nitrogens is 1. The molecule has 1 aromatic carbocycles. The highest BCUT2D eigenvalue weighted by molar-refractivity contribution is 5.54. The fraction of sp³-hybridized carbons (Fsp3) is 0.458. The molecule has 0 aliphatic rings. The van der Waals surface area contributed by atoms with Gasteiger partial charge in [0, 0.05) is 18.5 Å². The normalized spacial score (nSPS) is 13.1. The number of unbranched alkanes of at least 4 members (excludes halogenated alkanes) is 2. The first-order valence-electron chi connectivity index (χ1n) is 10.1. The van der Waals surface area contributed by atoms with Crippen LogP contribution >= 0.6 is 0 Å². The third kappa shape index (κ3) is 6.50. The van der Waals surface area contributed by atoms with Gasteiger partial charge < -0.3 is 19.3 Å². The summed E-state index contributed by atoms with van der Waals surface area (Å²) in [6, 6.07) is 9.13. The molecule has 1 unspecified atom stereocenters. The van der Waals surface area contributed by atoms with E-state index in [0.717, 1.165) is 31.2 Å². The maximum Gasteiger partial charge on any atom is 0.169 e. The molecule has 1 aromatic heterocycles. The van der Waals surface area contributed by atoms with Gasteiger partial charge in [0.15, 0.2) is 11.5 Å². The molecular formula is C24H33NO4. The van der Waals surface area contributed by atoms with Crippen LogP contribution in [0.15, 0.2) is 48.5 Å². The van der Waals surface area contributed by atoms with Gasteiger partial charge in [-0.2, -0.15) is 0 Å². The first-order valence-corrected chi connectivity index (χ1v) is 10.1. The molecule has 0 bridgehead atoms. The van der Waals surface area contributed by atoms with Crippen LogP contribution in [0.25, 0.3) is 6.08 Å². The van der Waals surface area contributed by atoms with Crippen molar-refractivity contribution in [1.29, 1.82) is 0 Å². The van der Waals surface area contributed by atoms with Crippen LogP contribution in [0.4, 0.5) is 0 Å². The van der Waals surface area contributed by atoms with Gasteiger partial charge in [-0.15, -0.1) is 0 Å². The Bertz CT molecular complexity index is 787. The summed E-state index contributed by atoms with van der Waals surface area (Å²) in [6.07, 6.45) is 8.76. The van der Waals surface area contributed by atoms with Crippen molar-refractivity contribution in [2.24, 2.45) is 5.41 Å². The van der Waals surface area contributed by atoms with Crippen molar-refractivity contribution in [2.75, 3.05) is 14.2 Å². The van der Waals surface area contributed by atoms with Gasteiger partial charge in [0.05, 0.1) is 14.2 Å². The van der Waals surface area contributed by atoms with Gasteiger partial charge in [-0.1, -0.05) is 46.1 Å². The number of ether oxygens (including phenoxy) is 3. The molecule has 5 heteroatoms. The molecule has 0 saturated heterocycles. The van der Waals surface area contributed by atoms with E-state index in [4.69, 9.17) is 14.2 Å². The molecule has 1 N–H and O–H groups in total. The maximum absolute atomic E-state index is 11.2. The summed E-state index contributed by atoms with van der Waals surface area (Å²) >= 11 is 0. The average molecular weight is 400 g/mol. The fourth-order valence-electron chi connectivity index (χ4n) is 3.13.